The number of para-hydroxylation sites is 1. The van der Waals surface area contributed by atoms with Gasteiger partial charge in [0, 0.05) is 18.1 Å². The molecule has 0 spiro atoms. The molecule has 0 atom stereocenters. The summed E-state index contributed by atoms with van der Waals surface area (Å²) in [5.41, 5.74) is 0.264. The lowest BCUT2D eigenvalue weighted by Gasteiger charge is -2.18. The van der Waals surface area contributed by atoms with Crippen molar-refractivity contribution < 1.29 is 17.9 Å². The number of carbonyl (C=O) groups is 1. The lowest BCUT2D eigenvalue weighted by molar-refractivity contribution is -0.118. The lowest BCUT2D eigenvalue weighted by Crippen LogP contribution is -2.29. The first-order valence-corrected chi connectivity index (χ1v) is 11.0. The molecule has 2 aromatic rings. The summed E-state index contributed by atoms with van der Waals surface area (Å²) in [6, 6.07) is 9.09. The van der Waals surface area contributed by atoms with E-state index in [0.717, 1.165) is 12.8 Å². The van der Waals surface area contributed by atoms with Gasteiger partial charge in [-0.3, -0.25) is 4.79 Å². The van der Waals surface area contributed by atoms with Crippen molar-refractivity contribution in [1.29, 1.82) is 0 Å². The minimum Gasteiger partial charge on any atom is -0.482 e. The van der Waals surface area contributed by atoms with Crippen molar-refractivity contribution in [3.63, 3.8) is 0 Å². The molecule has 0 unspecified atom stereocenters. The number of rotatable bonds is 6. The largest absolute Gasteiger partial charge is 0.482 e. The third-order valence-electron chi connectivity index (χ3n) is 4.17. The Labute approximate surface area is 178 Å². The van der Waals surface area contributed by atoms with Crippen molar-refractivity contribution in [2.24, 2.45) is 0 Å². The third-order valence-corrected chi connectivity index (χ3v) is 6.96. The number of carbonyl (C=O) groups excluding carboxylic acids is 1. The molecule has 2 aromatic carbocycles. The molecule has 1 aliphatic rings. The van der Waals surface area contributed by atoms with Gasteiger partial charge in [-0.25, -0.2) is 8.42 Å². The zero-order valence-electron chi connectivity index (χ0n) is 14.6. The summed E-state index contributed by atoms with van der Waals surface area (Å²) in [5.74, 6) is -0.480. The van der Waals surface area contributed by atoms with E-state index in [2.05, 4.69) is 5.32 Å². The molecule has 1 saturated heterocycles. The summed E-state index contributed by atoms with van der Waals surface area (Å²) in [4.78, 5) is 12.2. The third kappa shape index (κ3) is 4.72. The lowest BCUT2D eigenvalue weighted by atomic mass is 10.3. The maximum absolute atomic E-state index is 12.9. The Hall–Kier alpha value is -1.51. The summed E-state index contributed by atoms with van der Waals surface area (Å²) < 4.78 is 32.6. The predicted molar refractivity (Wildman–Crippen MR) is 110 cm³/mol. The van der Waals surface area contributed by atoms with Crippen LogP contribution in [0.25, 0.3) is 0 Å². The normalized spacial score (nSPS) is 14.8. The minimum atomic E-state index is -3.76. The number of nitrogens with one attached hydrogen (secondary N) is 1. The fraction of sp³-hybridized carbons (Fsp3) is 0.278. The van der Waals surface area contributed by atoms with Crippen molar-refractivity contribution >= 4 is 56.4 Å². The highest BCUT2D eigenvalue weighted by Gasteiger charge is 2.30. The number of anilines is 1. The van der Waals surface area contributed by atoms with Crippen LogP contribution in [0.1, 0.15) is 12.8 Å². The Morgan fingerprint density at radius 3 is 2.36 bits per heavy atom. The zero-order chi connectivity index (χ0) is 20.3. The summed E-state index contributed by atoms with van der Waals surface area (Å²) >= 11 is 18.0. The SMILES string of the molecule is O=C(COc1ccc(Cl)cc1S(=O)(=O)N1CCCC1)Nc1c(Cl)cccc1Cl. The topological polar surface area (TPSA) is 75.7 Å². The monoisotopic (exact) mass is 462 g/mol. The van der Waals surface area contributed by atoms with Crippen LogP contribution in [0.2, 0.25) is 15.1 Å². The fourth-order valence-corrected chi connectivity index (χ4v) is 5.21. The number of hydrogen-bond donors (Lipinski definition) is 1. The van der Waals surface area contributed by atoms with Gasteiger partial charge in [0.15, 0.2) is 6.61 Å². The van der Waals surface area contributed by atoms with Crippen LogP contribution < -0.4 is 10.1 Å². The van der Waals surface area contributed by atoms with Crippen molar-refractivity contribution in [3.8, 4) is 5.75 Å². The van der Waals surface area contributed by atoms with Crippen LogP contribution in [0, 0.1) is 0 Å². The van der Waals surface area contributed by atoms with Crippen LogP contribution in [0.5, 0.6) is 5.75 Å². The van der Waals surface area contributed by atoms with Gasteiger partial charge in [0.25, 0.3) is 5.91 Å². The molecule has 1 amide bonds. The number of nitrogens with zero attached hydrogens (tertiary/aromatic N) is 1. The molecule has 6 nitrogen and oxygen atoms in total. The van der Waals surface area contributed by atoms with Crippen molar-refractivity contribution in [3.05, 3.63) is 51.5 Å². The maximum atomic E-state index is 12.9. The highest BCUT2D eigenvalue weighted by Crippen LogP contribution is 2.32. The Kier molecular flexibility index (Phi) is 6.73. The maximum Gasteiger partial charge on any atom is 0.262 e. The number of sulfonamides is 1. The summed E-state index contributed by atoms with van der Waals surface area (Å²) in [6.07, 6.45) is 1.61. The number of amides is 1. The highest BCUT2D eigenvalue weighted by molar-refractivity contribution is 7.89. The van der Waals surface area contributed by atoms with E-state index in [-0.39, 0.29) is 31.4 Å². The average Bonchev–Trinajstić information content (AvgIpc) is 3.19. The van der Waals surface area contributed by atoms with Gasteiger partial charge in [-0.05, 0) is 43.2 Å². The zero-order valence-corrected chi connectivity index (χ0v) is 17.7. The molecule has 1 N–H and O–H groups in total. The van der Waals surface area contributed by atoms with Crippen LogP contribution in [-0.2, 0) is 14.8 Å². The molecule has 1 heterocycles. The van der Waals surface area contributed by atoms with Gasteiger partial charge < -0.3 is 10.1 Å². The molecule has 150 valence electrons. The molecule has 0 radical (unpaired) electrons. The summed E-state index contributed by atoms with van der Waals surface area (Å²) in [5, 5.41) is 3.39. The van der Waals surface area contributed by atoms with E-state index in [1.165, 1.54) is 22.5 Å². The van der Waals surface area contributed by atoms with E-state index in [0.29, 0.717) is 13.1 Å². The van der Waals surface area contributed by atoms with Crippen LogP contribution in [0.3, 0.4) is 0 Å². The van der Waals surface area contributed by atoms with Gasteiger partial charge in [0.05, 0.1) is 15.7 Å². The van der Waals surface area contributed by atoms with E-state index >= 15 is 0 Å². The molecule has 0 aliphatic carbocycles. The first-order valence-electron chi connectivity index (χ1n) is 8.45. The Morgan fingerprint density at radius 2 is 1.71 bits per heavy atom. The quantitative estimate of drug-likeness (QED) is 0.687. The number of halogens is 3. The molecular formula is C18H17Cl3N2O4S. The molecule has 10 heteroatoms. The molecular weight excluding hydrogens is 447 g/mol. The van der Waals surface area contributed by atoms with Crippen LogP contribution >= 0.6 is 34.8 Å². The van der Waals surface area contributed by atoms with Crippen LogP contribution in [0.15, 0.2) is 41.3 Å². The molecule has 0 aromatic heterocycles. The van der Waals surface area contributed by atoms with Crippen molar-refractivity contribution in [2.45, 2.75) is 17.7 Å². The van der Waals surface area contributed by atoms with E-state index in [4.69, 9.17) is 39.5 Å². The summed E-state index contributed by atoms with van der Waals surface area (Å²) in [6.45, 7) is 0.464. The second-order valence-electron chi connectivity index (χ2n) is 6.14. The van der Waals surface area contributed by atoms with Gasteiger partial charge in [0.1, 0.15) is 10.6 Å². The number of ether oxygens (including phenoxy) is 1. The van der Waals surface area contributed by atoms with E-state index in [1.807, 2.05) is 0 Å². The van der Waals surface area contributed by atoms with Gasteiger partial charge >= 0.3 is 0 Å². The number of benzene rings is 2. The standard InChI is InChI=1S/C18H17Cl3N2O4S/c19-12-6-7-15(16(10-12)28(25,26)23-8-1-2-9-23)27-11-17(24)22-18-13(20)4-3-5-14(18)21/h3-7,10H,1-2,8-9,11H2,(H,22,24). The van der Waals surface area contributed by atoms with E-state index in [1.54, 1.807) is 18.2 Å². The van der Waals surface area contributed by atoms with Gasteiger partial charge in [-0.15, -0.1) is 0 Å². The fourth-order valence-electron chi connectivity index (χ4n) is 2.81. The number of hydrogen-bond acceptors (Lipinski definition) is 4. The molecule has 1 fully saturated rings. The van der Waals surface area contributed by atoms with Crippen LogP contribution in [0.4, 0.5) is 5.69 Å². The van der Waals surface area contributed by atoms with Crippen molar-refractivity contribution in [2.75, 3.05) is 25.0 Å². The predicted octanol–water partition coefficient (Wildman–Crippen LogP) is 4.45. The highest BCUT2D eigenvalue weighted by atomic mass is 35.5. The second kappa shape index (κ2) is 8.88. The molecule has 0 saturated carbocycles. The van der Waals surface area contributed by atoms with Crippen LogP contribution in [-0.4, -0.2) is 38.3 Å². The minimum absolute atomic E-state index is 0.0525. The van der Waals surface area contributed by atoms with E-state index < -0.39 is 22.5 Å². The smallest absolute Gasteiger partial charge is 0.262 e. The van der Waals surface area contributed by atoms with Gasteiger partial charge in [-0.2, -0.15) is 4.31 Å². The average molecular weight is 464 g/mol. The Morgan fingerprint density at radius 1 is 1.07 bits per heavy atom. The van der Waals surface area contributed by atoms with Gasteiger partial charge in [0.2, 0.25) is 10.0 Å². The molecule has 3 rings (SSSR count). The van der Waals surface area contributed by atoms with Gasteiger partial charge in [-0.1, -0.05) is 40.9 Å². The summed E-state index contributed by atoms with van der Waals surface area (Å²) in [7, 11) is -3.76. The molecule has 0 bridgehead atoms. The molecule has 28 heavy (non-hydrogen) atoms. The van der Waals surface area contributed by atoms with Crippen molar-refractivity contribution in [1.82, 2.24) is 4.31 Å². The Balaban J connectivity index is 1.77. The molecule has 1 aliphatic heterocycles. The first-order chi connectivity index (χ1) is 13.3. The Bertz CT molecular complexity index is 972. The van der Waals surface area contributed by atoms with E-state index in [9.17, 15) is 13.2 Å². The second-order valence-corrected chi connectivity index (χ2v) is 9.29. The first kappa shape index (κ1) is 21.2.